The summed E-state index contributed by atoms with van der Waals surface area (Å²) in [6.45, 7) is 7.30. The van der Waals surface area contributed by atoms with E-state index in [1.807, 2.05) is 0 Å². The number of hydrogen-bond donors (Lipinski definition) is 1. The average molecular weight is 388 g/mol. The maximum atomic E-state index is 11.7. The zero-order valence-electron chi connectivity index (χ0n) is 15.6. The van der Waals surface area contributed by atoms with Crippen molar-refractivity contribution < 1.29 is 48.0 Å². The first-order chi connectivity index (χ1) is 12.6. The summed E-state index contributed by atoms with van der Waals surface area (Å²) in [5.74, 6) is -5.03. The van der Waals surface area contributed by atoms with Crippen LogP contribution in [0.25, 0.3) is 0 Å². The number of aliphatic hydroxyl groups excluding tert-OH is 1. The van der Waals surface area contributed by atoms with Gasteiger partial charge in [0.25, 0.3) is 5.79 Å². The lowest BCUT2D eigenvalue weighted by Crippen LogP contribution is -2.68. The van der Waals surface area contributed by atoms with E-state index in [2.05, 4.69) is 6.58 Å². The molecule has 0 aliphatic carbocycles. The maximum absolute atomic E-state index is 11.7. The average Bonchev–Trinajstić information content (AvgIpc) is 2.51. The van der Waals surface area contributed by atoms with Gasteiger partial charge in [-0.1, -0.05) is 6.08 Å². The number of carbonyl (C=O) groups is 4. The topological polar surface area (TPSA) is 135 Å². The van der Waals surface area contributed by atoms with Crippen molar-refractivity contribution in [3.8, 4) is 0 Å². The van der Waals surface area contributed by atoms with Crippen molar-refractivity contribution in [2.75, 3.05) is 6.61 Å². The van der Waals surface area contributed by atoms with Crippen molar-refractivity contribution in [3.05, 3.63) is 12.7 Å². The normalized spacial score (nSPS) is 30.0. The molecule has 0 aromatic heterocycles. The molecular weight excluding hydrogens is 364 g/mol. The molecule has 27 heavy (non-hydrogen) atoms. The Morgan fingerprint density at radius 2 is 1.48 bits per heavy atom. The monoisotopic (exact) mass is 388 g/mol. The molecule has 0 amide bonds. The van der Waals surface area contributed by atoms with E-state index in [-0.39, 0.29) is 6.42 Å². The lowest BCUT2D eigenvalue weighted by atomic mass is 9.89. The standard InChI is InChI=1S/C17H24O10/c1-6-7-17(26-12(5)22)16(25-11(4)21)15(24-10(3)20)14(23-9(2)19)13(8-18)27-17/h6,13-16,18H,1,7-8H2,2-5H3/t13-,14-,15+,16-,17-/m1/s1. The van der Waals surface area contributed by atoms with Gasteiger partial charge in [0.2, 0.25) is 6.10 Å². The van der Waals surface area contributed by atoms with Crippen molar-refractivity contribution in [3.63, 3.8) is 0 Å². The van der Waals surface area contributed by atoms with E-state index in [1.165, 1.54) is 6.08 Å². The number of aliphatic hydroxyl groups is 1. The molecule has 0 bridgehead atoms. The Balaban J connectivity index is 3.54. The summed E-state index contributed by atoms with van der Waals surface area (Å²) in [6.07, 6.45) is -4.25. The lowest BCUT2D eigenvalue weighted by Gasteiger charge is -2.49. The highest BCUT2D eigenvalue weighted by Crippen LogP contribution is 2.39. The van der Waals surface area contributed by atoms with Crippen LogP contribution >= 0.6 is 0 Å². The number of hydrogen-bond acceptors (Lipinski definition) is 10. The molecule has 0 unspecified atom stereocenters. The Morgan fingerprint density at radius 3 is 1.89 bits per heavy atom. The quantitative estimate of drug-likeness (QED) is 0.361. The van der Waals surface area contributed by atoms with Crippen LogP contribution in [0.15, 0.2) is 12.7 Å². The van der Waals surface area contributed by atoms with E-state index in [4.69, 9.17) is 23.7 Å². The highest BCUT2D eigenvalue weighted by atomic mass is 16.8. The summed E-state index contributed by atoms with van der Waals surface area (Å²) in [4.78, 5) is 46.4. The van der Waals surface area contributed by atoms with Crippen molar-refractivity contribution >= 4 is 23.9 Å². The number of carbonyl (C=O) groups excluding carboxylic acids is 4. The van der Waals surface area contributed by atoms with E-state index in [1.54, 1.807) is 0 Å². The SMILES string of the molecule is C=CC[C@@]1(OC(C)=O)O[C@H](CO)[C@@H](OC(C)=O)[C@H](OC(C)=O)[C@H]1OC(C)=O. The van der Waals surface area contributed by atoms with Crippen LogP contribution < -0.4 is 0 Å². The molecule has 1 aliphatic rings. The second kappa shape index (κ2) is 9.47. The summed E-state index contributed by atoms with van der Waals surface area (Å²) in [7, 11) is 0. The third-order valence-electron chi connectivity index (χ3n) is 3.60. The van der Waals surface area contributed by atoms with Crippen LogP contribution in [0.2, 0.25) is 0 Å². The molecule has 1 rings (SSSR count). The third kappa shape index (κ3) is 5.76. The predicted molar refractivity (Wildman–Crippen MR) is 87.9 cm³/mol. The van der Waals surface area contributed by atoms with Gasteiger partial charge in [-0.05, 0) is 0 Å². The van der Waals surface area contributed by atoms with E-state index in [0.29, 0.717) is 0 Å². The smallest absolute Gasteiger partial charge is 0.305 e. The largest absolute Gasteiger partial charge is 0.456 e. The second-order valence-electron chi connectivity index (χ2n) is 5.92. The first-order valence-electron chi connectivity index (χ1n) is 8.17. The van der Waals surface area contributed by atoms with E-state index >= 15 is 0 Å². The molecular formula is C17H24O10. The Kier molecular flexibility index (Phi) is 7.92. The van der Waals surface area contributed by atoms with E-state index in [9.17, 15) is 24.3 Å². The van der Waals surface area contributed by atoms with Gasteiger partial charge in [-0.3, -0.25) is 19.2 Å². The molecule has 10 heteroatoms. The summed E-state index contributed by atoms with van der Waals surface area (Å²) in [5, 5.41) is 9.70. The first kappa shape index (κ1) is 22.6. The van der Waals surface area contributed by atoms with Gasteiger partial charge in [0.15, 0.2) is 12.2 Å². The Hall–Kier alpha value is -2.46. The minimum absolute atomic E-state index is 0.161. The Labute approximate surface area is 156 Å². The second-order valence-corrected chi connectivity index (χ2v) is 5.92. The van der Waals surface area contributed by atoms with Crippen molar-refractivity contribution in [2.24, 2.45) is 0 Å². The number of rotatable bonds is 7. The molecule has 1 heterocycles. The van der Waals surface area contributed by atoms with Gasteiger partial charge in [-0.2, -0.15) is 0 Å². The molecule has 1 fully saturated rings. The van der Waals surface area contributed by atoms with E-state index < -0.39 is 60.7 Å². The van der Waals surface area contributed by atoms with Crippen LogP contribution in [-0.2, 0) is 42.9 Å². The fourth-order valence-electron chi connectivity index (χ4n) is 2.89. The van der Waals surface area contributed by atoms with Gasteiger partial charge in [0.1, 0.15) is 6.10 Å². The van der Waals surface area contributed by atoms with Crippen LogP contribution in [0.5, 0.6) is 0 Å². The zero-order valence-corrected chi connectivity index (χ0v) is 15.6. The summed E-state index contributed by atoms with van der Waals surface area (Å²) >= 11 is 0. The molecule has 152 valence electrons. The minimum Gasteiger partial charge on any atom is -0.456 e. The molecule has 1 saturated heterocycles. The van der Waals surface area contributed by atoms with Gasteiger partial charge in [-0.15, -0.1) is 6.58 Å². The minimum atomic E-state index is -1.94. The van der Waals surface area contributed by atoms with Gasteiger partial charge >= 0.3 is 23.9 Å². The summed E-state index contributed by atoms with van der Waals surface area (Å²) in [6, 6.07) is 0. The molecule has 10 nitrogen and oxygen atoms in total. The molecule has 0 spiro atoms. The molecule has 1 N–H and O–H groups in total. The Morgan fingerprint density at radius 1 is 0.963 bits per heavy atom. The van der Waals surface area contributed by atoms with Crippen molar-refractivity contribution in [2.45, 2.75) is 64.3 Å². The van der Waals surface area contributed by atoms with Crippen molar-refractivity contribution in [1.29, 1.82) is 0 Å². The number of esters is 4. The fourth-order valence-corrected chi connectivity index (χ4v) is 2.89. The highest BCUT2D eigenvalue weighted by Gasteiger charge is 2.61. The fraction of sp³-hybridized carbons (Fsp3) is 0.647. The number of ether oxygens (including phenoxy) is 5. The van der Waals surface area contributed by atoms with Gasteiger partial charge in [0.05, 0.1) is 6.61 Å². The highest BCUT2D eigenvalue weighted by molar-refractivity contribution is 5.69. The molecule has 0 saturated carbocycles. The first-order valence-corrected chi connectivity index (χ1v) is 8.17. The van der Waals surface area contributed by atoms with Crippen molar-refractivity contribution in [1.82, 2.24) is 0 Å². The maximum Gasteiger partial charge on any atom is 0.305 e. The zero-order chi connectivity index (χ0) is 20.8. The van der Waals surface area contributed by atoms with Gasteiger partial charge in [-0.25, -0.2) is 0 Å². The summed E-state index contributed by atoms with van der Waals surface area (Å²) in [5.41, 5.74) is 0. The van der Waals surface area contributed by atoms with Gasteiger partial charge < -0.3 is 28.8 Å². The molecule has 5 atom stereocenters. The lowest BCUT2D eigenvalue weighted by molar-refractivity contribution is -0.352. The van der Waals surface area contributed by atoms with Crippen LogP contribution in [0.4, 0.5) is 0 Å². The third-order valence-corrected chi connectivity index (χ3v) is 3.60. The predicted octanol–water partition coefficient (Wildman–Crippen LogP) is 0.00810. The van der Waals surface area contributed by atoms with E-state index in [0.717, 1.165) is 27.7 Å². The molecule has 0 aromatic rings. The summed E-state index contributed by atoms with van der Waals surface area (Å²) < 4.78 is 26.6. The molecule has 0 radical (unpaired) electrons. The van der Waals surface area contributed by atoms with Crippen LogP contribution in [0, 0.1) is 0 Å². The van der Waals surface area contributed by atoms with Gasteiger partial charge in [0, 0.05) is 34.1 Å². The molecule has 0 aromatic carbocycles. The van der Waals surface area contributed by atoms with Crippen LogP contribution in [0.3, 0.4) is 0 Å². The van der Waals surface area contributed by atoms with Crippen LogP contribution in [0.1, 0.15) is 34.1 Å². The van der Waals surface area contributed by atoms with Crippen LogP contribution in [-0.4, -0.2) is 65.8 Å². The Bertz CT molecular complexity index is 601. The molecule has 1 aliphatic heterocycles.